The van der Waals surface area contributed by atoms with Gasteiger partial charge in [-0.05, 0) is 19.1 Å². The number of anilines is 1. The summed E-state index contributed by atoms with van der Waals surface area (Å²) in [5, 5.41) is 19.5. The van der Waals surface area contributed by atoms with Crippen LogP contribution in [0.4, 0.5) is 5.82 Å². The van der Waals surface area contributed by atoms with Crippen molar-refractivity contribution in [3.63, 3.8) is 0 Å². The van der Waals surface area contributed by atoms with Gasteiger partial charge in [-0.2, -0.15) is 10.4 Å². The summed E-state index contributed by atoms with van der Waals surface area (Å²) < 4.78 is 4.75. The Hall–Kier alpha value is -2.81. The summed E-state index contributed by atoms with van der Waals surface area (Å²) in [6.07, 6.45) is 1.29. The number of nitriles is 1. The van der Waals surface area contributed by atoms with Gasteiger partial charge in [0.05, 0.1) is 12.1 Å². The number of esters is 1. The van der Waals surface area contributed by atoms with Crippen LogP contribution in [0, 0.1) is 11.3 Å². The Balaban J connectivity index is 2.21. The predicted molar refractivity (Wildman–Crippen MR) is 70.0 cm³/mol. The fraction of sp³-hybridized carbons (Fsp3) is 0.154. The van der Waals surface area contributed by atoms with Crippen molar-refractivity contribution in [1.82, 2.24) is 10.2 Å². The molecular weight excluding hydrogens is 244 g/mol. The Bertz CT molecular complexity index is 667. The van der Waals surface area contributed by atoms with E-state index in [1.807, 2.05) is 24.3 Å². The summed E-state index contributed by atoms with van der Waals surface area (Å²) in [6, 6.07) is 9.31. The maximum absolute atomic E-state index is 11.4. The standard InChI is InChI=1S/C13H12N4O2/c1-2-19-13(18)9(7-14)8-15-12-10-5-3-4-6-11(10)16-17-12/h3-6,8H,2H2,1H3,(H2,15,16,17)/b9-8+. The van der Waals surface area contributed by atoms with Crippen molar-refractivity contribution in [2.45, 2.75) is 6.92 Å². The monoisotopic (exact) mass is 256 g/mol. The minimum Gasteiger partial charge on any atom is -0.462 e. The third kappa shape index (κ3) is 2.72. The van der Waals surface area contributed by atoms with Crippen LogP contribution in [0.3, 0.4) is 0 Å². The highest BCUT2D eigenvalue weighted by Crippen LogP contribution is 2.19. The molecule has 6 heteroatoms. The highest BCUT2D eigenvalue weighted by molar-refractivity contribution is 5.94. The second-order valence-corrected chi connectivity index (χ2v) is 3.65. The summed E-state index contributed by atoms with van der Waals surface area (Å²) in [4.78, 5) is 11.4. The molecule has 0 unspecified atom stereocenters. The van der Waals surface area contributed by atoms with E-state index in [4.69, 9.17) is 10.00 Å². The van der Waals surface area contributed by atoms with Crippen LogP contribution in [-0.2, 0) is 9.53 Å². The van der Waals surface area contributed by atoms with Gasteiger partial charge in [-0.3, -0.25) is 5.10 Å². The third-order valence-electron chi connectivity index (χ3n) is 2.44. The van der Waals surface area contributed by atoms with Crippen LogP contribution in [0.15, 0.2) is 36.0 Å². The molecule has 19 heavy (non-hydrogen) atoms. The molecular formula is C13H12N4O2. The summed E-state index contributed by atoms with van der Waals surface area (Å²) in [6.45, 7) is 1.91. The molecule has 6 nitrogen and oxygen atoms in total. The highest BCUT2D eigenvalue weighted by atomic mass is 16.5. The Morgan fingerprint density at radius 3 is 3.11 bits per heavy atom. The van der Waals surface area contributed by atoms with Crippen LogP contribution in [0.2, 0.25) is 0 Å². The van der Waals surface area contributed by atoms with E-state index in [0.717, 1.165) is 10.9 Å². The highest BCUT2D eigenvalue weighted by Gasteiger charge is 2.10. The van der Waals surface area contributed by atoms with Gasteiger partial charge in [0.2, 0.25) is 0 Å². The number of aromatic amines is 1. The molecule has 0 atom stereocenters. The average molecular weight is 256 g/mol. The molecule has 1 aromatic carbocycles. The van der Waals surface area contributed by atoms with Crippen molar-refractivity contribution in [2.75, 3.05) is 11.9 Å². The molecule has 1 aromatic heterocycles. The van der Waals surface area contributed by atoms with Gasteiger partial charge >= 0.3 is 5.97 Å². The zero-order valence-corrected chi connectivity index (χ0v) is 10.3. The number of hydrogen-bond acceptors (Lipinski definition) is 5. The van der Waals surface area contributed by atoms with Gasteiger partial charge in [-0.15, -0.1) is 0 Å². The molecule has 0 aliphatic rings. The van der Waals surface area contributed by atoms with Crippen molar-refractivity contribution in [3.8, 4) is 6.07 Å². The normalized spacial score (nSPS) is 11.1. The van der Waals surface area contributed by atoms with E-state index in [2.05, 4.69) is 15.5 Å². The second-order valence-electron chi connectivity index (χ2n) is 3.65. The molecule has 1 heterocycles. The molecule has 0 bridgehead atoms. The number of H-pyrrole nitrogens is 1. The van der Waals surface area contributed by atoms with E-state index in [-0.39, 0.29) is 12.2 Å². The van der Waals surface area contributed by atoms with E-state index in [1.165, 1.54) is 6.20 Å². The quantitative estimate of drug-likeness (QED) is 0.495. The third-order valence-corrected chi connectivity index (χ3v) is 2.44. The van der Waals surface area contributed by atoms with E-state index in [1.54, 1.807) is 13.0 Å². The Morgan fingerprint density at radius 2 is 2.37 bits per heavy atom. The molecule has 0 amide bonds. The van der Waals surface area contributed by atoms with Gasteiger partial charge in [0.1, 0.15) is 6.07 Å². The number of carbonyl (C=O) groups excluding carboxylic acids is 1. The van der Waals surface area contributed by atoms with Crippen molar-refractivity contribution in [3.05, 3.63) is 36.0 Å². The van der Waals surface area contributed by atoms with E-state index in [0.29, 0.717) is 5.82 Å². The van der Waals surface area contributed by atoms with Gasteiger partial charge in [-0.25, -0.2) is 4.79 Å². The fourth-order valence-electron chi connectivity index (χ4n) is 1.56. The smallest absolute Gasteiger partial charge is 0.350 e. The van der Waals surface area contributed by atoms with Crippen LogP contribution in [0.25, 0.3) is 10.9 Å². The molecule has 0 radical (unpaired) electrons. The predicted octanol–water partition coefficient (Wildman–Crippen LogP) is 1.95. The number of carbonyl (C=O) groups is 1. The summed E-state index contributed by atoms with van der Waals surface area (Å²) in [5.41, 5.74) is 0.766. The number of fused-ring (bicyclic) bond motifs is 1. The number of nitrogens with one attached hydrogen (secondary N) is 2. The molecule has 0 saturated heterocycles. The first kappa shape index (κ1) is 12.6. The molecule has 0 aliphatic carbocycles. The number of ether oxygens (including phenoxy) is 1. The minimum absolute atomic E-state index is 0.103. The molecule has 2 N–H and O–H groups in total. The summed E-state index contributed by atoms with van der Waals surface area (Å²) in [7, 11) is 0. The van der Waals surface area contributed by atoms with Crippen molar-refractivity contribution in [2.24, 2.45) is 0 Å². The molecule has 2 aromatic rings. The van der Waals surface area contributed by atoms with Gasteiger partial charge < -0.3 is 10.1 Å². The van der Waals surface area contributed by atoms with Gasteiger partial charge in [0.25, 0.3) is 0 Å². The average Bonchev–Trinajstić information content (AvgIpc) is 2.83. The molecule has 0 saturated carbocycles. The van der Waals surface area contributed by atoms with Crippen LogP contribution >= 0.6 is 0 Å². The summed E-state index contributed by atoms with van der Waals surface area (Å²) in [5.74, 6) is -0.106. The number of hydrogen-bond donors (Lipinski definition) is 2. The maximum Gasteiger partial charge on any atom is 0.350 e. The number of benzene rings is 1. The van der Waals surface area contributed by atoms with E-state index < -0.39 is 5.97 Å². The lowest BCUT2D eigenvalue weighted by molar-refractivity contribution is -0.138. The Kier molecular flexibility index (Phi) is 3.78. The maximum atomic E-state index is 11.4. The summed E-state index contributed by atoms with van der Waals surface area (Å²) >= 11 is 0. The van der Waals surface area contributed by atoms with Crippen LogP contribution in [0.1, 0.15) is 6.92 Å². The lowest BCUT2D eigenvalue weighted by Crippen LogP contribution is -2.08. The van der Waals surface area contributed by atoms with Gasteiger partial charge in [-0.1, -0.05) is 12.1 Å². The van der Waals surface area contributed by atoms with Crippen molar-refractivity contribution >= 4 is 22.7 Å². The Morgan fingerprint density at radius 1 is 1.58 bits per heavy atom. The molecule has 0 spiro atoms. The molecule has 2 rings (SSSR count). The van der Waals surface area contributed by atoms with Gasteiger partial charge in [0, 0.05) is 11.6 Å². The molecule has 0 aliphatic heterocycles. The van der Waals surface area contributed by atoms with Crippen LogP contribution in [0.5, 0.6) is 0 Å². The van der Waals surface area contributed by atoms with Crippen LogP contribution in [-0.4, -0.2) is 22.8 Å². The first-order valence-corrected chi connectivity index (χ1v) is 5.73. The Labute approximate surface area is 109 Å². The molecule has 96 valence electrons. The van der Waals surface area contributed by atoms with Gasteiger partial charge in [0.15, 0.2) is 11.4 Å². The van der Waals surface area contributed by atoms with E-state index >= 15 is 0 Å². The number of rotatable bonds is 4. The van der Waals surface area contributed by atoms with Crippen molar-refractivity contribution in [1.29, 1.82) is 5.26 Å². The molecule has 0 fully saturated rings. The zero-order chi connectivity index (χ0) is 13.7. The van der Waals surface area contributed by atoms with Crippen LogP contribution < -0.4 is 5.32 Å². The zero-order valence-electron chi connectivity index (χ0n) is 10.3. The lowest BCUT2D eigenvalue weighted by Gasteiger charge is -2.00. The minimum atomic E-state index is -0.655. The lowest BCUT2D eigenvalue weighted by atomic mass is 10.2. The number of para-hydroxylation sites is 1. The SMILES string of the molecule is CCOC(=O)/C(C#N)=C/Nc1n[nH]c2ccccc12. The first-order chi connectivity index (χ1) is 9.26. The number of nitrogens with zero attached hydrogens (tertiary/aromatic N) is 2. The number of aromatic nitrogens is 2. The largest absolute Gasteiger partial charge is 0.462 e. The first-order valence-electron chi connectivity index (χ1n) is 5.73. The van der Waals surface area contributed by atoms with Crippen molar-refractivity contribution < 1.29 is 9.53 Å². The van der Waals surface area contributed by atoms with E-state index in [9.17, 15) is 4.79 Å². The topological polar surface area (TPSA) is 90.8 Å². The second kappa shape index (κ2) is 5.69. The fourth-order valence-corrected chi connectivity index (χ4v) is 1.56.